The van der Waals surface area contributed by atoms with Crippen LogP contribution in [0.2, 0.25) is 0 Å². The van der Waals surface area contributed by atoms with Gasteiger partial charge in [0.25, 0.3) is 5.91 Å². The van der Waals surface area contributed by atoms with Gasteiger partial charge < -0.3 is 15.7 Å². The second kappa shape index (κ2) is 6.63. The lowest BCUT2D eigenvalue weighted by Crippen LogP contribution is -2.17. The van der Waals surface area contributed by atoms with Crippen molar-refractivity contribution < 1.29 is 9.90 Å². The fourth-order valence-electron chi connectivity index (χ4n) is 2.04. The number of hydrogen-bond acceptors (Lipinski definition) is 3. The number of aromatic hydroxyl groups is 1. The Labute approximate surface area is 132 Å². The summed E-state index contributed by atoms with van der Waals surface area (Å²) in [5.74, 6) is 0.138. The van der Waals surface area contributed by atoms with Crippen molar-refractivity contribution in [1.29, 1.82) is 0 Å². The molecule has 0 spiro atoms. The Balaban J connectivity index is 2.13. The van der Waals surface area contributed by atoms with Crippen molar-refractivity contribution in [2.24, 2.45) is 0 Å². The first-order valence-corrected chi connectivity index (χ1v) is 7.35. The standard InChI is InChI=1S/C16H17BrN2O2/c1-10-8-11(16(21)18-2)6-7-14(10)19-9-12-4-3-5-13(17)15(12)20/h3-8,19-20H,9H2,1-2H3,(H,18,21). The second-order valence-electron chi connectivity index (χ2n) is 4.71. The molecule has 2 rings (SSSR count). The number of carbonyl (C=O) groups excluding carboxylic acids is 1. The number of phenolic OH excluding ortho intramolecular Hbond substituents is 1. The van der Waals surface area contributed by atoms with Gasteiger partial charge in [0, 0.05) is 30.4 Å². The van der Waals surface area contributed by atoms with E-state index in [1.165, 1.54) is 0 Å². The Morgan fingerprint density at radius 1 is 1.29 bits per heavy atom. The zero-order valence-corrected chi connectivity index (χ0v) is 13.5. The molecule has 0 heterocycles. The monoisotopic (exact) mass is 348 g/mol. The van der Waals surface area contributed by atoms with Crippen LogP contribution < -0.4 is 10.6 Å². The highest BCUT2D eigenvalue weighted by molar-refractivity contribution is 9.10. The number of hydrogen-bond donors (Lipinski definition) is 3. The van der Waals surface area contributed by atoms with Crippen LogP contribution in [-0.4, -0.2) is 18.1 Å². The van der Waals surface area contributed by atoms with Crippen molar-refractivity contribution in [2.75, 3.05) is 12.4 Å². The van der Waals surface area contributed by atoms with E-state index in [1.807, 2.05) is 31.2 Å². The molecule has 2 aromatic carbocycles. The Kier molecular flexibility index (Phi) is 4.85. The van der Waals surface area contributed by atoms with E-state index >= 15 is 0 Å². The number of nitrogens with one attached hydrogen (secondary N) is 2. The summed E-state index contributed by atoms with van der Waals surface area (Å²) in [5, 5.41) is 15.8. The van der Waals surface area contributed by atoms with Crippen LogP contribution >= 0.6 is 15.9 Å². The highest BCUT2D eigenvalue weighted by Crippen LogP contribution is 2.28. The highest BCUT2D eigenvalue weighted by Gasteiger charge is 2.08. The SMILES string of the molecule is CNC(=O)c1ccc(NCc2cccc(Br)c2O)c(C)c1. The van der Waals surface area contributed by atoms with Gasteiger partial charge in [-0.25, -0.2) is 0 Å². The number of benzene rings is 2. The maximum Gasteiger partial charge on any atom is 0.251 e. The van der Waals surface area contributed by atoms with E-state index in [0.717, 1.165) is 16.8 Å². The van der Waals surface area contributed by atoms with Crippen molar-refractivity contribution in [1.82, 2.24) is 5.32 Å². The van der Waals surface area contributed by atoms with Gasteiger partial charge in [0.1, 0.15) is 5.75 Å². The lowest BCUT2D eigenvalue weighted by atomic mass is 10.1. The van der Waals surface area contributed by atoms with Gasteiger partial charge in [0.05, 0.1) is 4.47 Å². The molecule has 21 heavy (non-hydrogen) atoms. The number of carbonyl (C=O) groups is 1. The normalized spacial score (nSPS) is 10.2. The summed E-state index contributed by atoms with van der Waals surface area (Å²) in [6.07, 6.45) is 0. The number of halogens is 1. The summed E-state index contributed by atoms with van der Waals surface area (Å²) in [7, 11) is 1.61. The van der Waals surface area contributed by atoms with Gasteiger partial charge in [-0.15, -0.1) is 0 Å². The van der Waals surface area contributed by atoms with Crippen LogP contribution in [0.5, 0.6) is 5.75 Å². The summed E-state index contributed by atoms with van der Waals surface area (Å²) in [6.45, 7) is 2.45. The van der Waals surface area contributed by atoms with Crippen molar-refractivity contribution in [3.8, 4) is 5.75 Å². The molecule has 0 aliphatic carbocycles. The van der Waals surface area contributed by atoms with Crippen LogP contribution in [0.15, 0.2) is 40.9 Å². The van der Waals surface area contributed by atoms with Crippen LogP contribution in [0.3, 0.4) is 0 Å². The molecule has 0 saturated heterocycles. The Morgan fingerprint density at radius 2 is 2.05 bits per heavy atom. The van der Waals surface area contributed by atoms with Crippen LogP contribution in [0, 0.1) is 6.92 Å². The zero-order chi connectivity index (χ0) is 15.4. The van der Waals surface area contributed by atoms with Crippen molar-refractivity contribution in [3.05, 3.63) is 57.6 Å². The number of aryl methyl sites for hydroxylation is 1. The number of anilines is 1. The minimum Gasteiger partial charge on any atom is -0.506 e. The van der Waals surface area contributed by atoms with Crippen LogP contribution in [0.25, 0.3) is 0 Å². The van der Waals surface area contributed by atoms with E-state index in [4.69, 9.17) is 0 Å². The number of para-hydroxylation sites is 1. The quantitative estimate of drug-likeness (QED) is 0.793. The van der Waals surface area contributed by atoms with Gasteiger partial charge in [0.15, 0.2) is 0 Å². The zero-order valence-electron chi connectivity index (χ0n) is 11.9. The summed E-state index contributed by atoms with van der Waals surface area (Å²) in [4.78, 5) is 11.6. The summed E-state index contributed by atoms with van der Waals surface area (Å²) in [6, 6.07) is 11.0. The molecule has 0 unspecified atom stereocenters. The first-order chi connectivity index (χ1) is 10.0. The third-order valence-electron chi connectivity index (χ3n) is 3.26. The average molecular weight is 349 g/mol. The van der Waals surface area contributed by atoms with Gasteiger partial charge in [-0.2, -0.15) is 0 Å². The molecule has 5 heteroatoms. The molecular formula is C16H17BrN2O2. The summed E-state index contributed by atoms with van der Waals surface area (Å²) < 4.78 is 0.675. The fourth-order valence-corrected chi connectivity index (χ4v) is 2.45. The Bertz CT molecular complexity index is 671. The number of amides is 1. The van der Waals surface area contributed by atoms with Gasteiger partial charge in [-0.1, -0.05) is 12.1 Å². The van der Waals surface area contributed by atoms with E-state index in [2.05, 4.69) is 26.6 Å². The molecule has 0 atom stereocenters. The third-order valence-corrected chi connectivity index (χ3v) is 3.90. The van der Waals surface area contributed by atoms with Gasteiger partial charge in [-0.05, 0) is 52.7 Å². The molecule has 0 bridgehead atoms. The van der Waals surface area contributed by atoms with E-state index in [9.17, 15) is 9.90 Å². The summed E-state index contributed by atoms with van der Waals surface area (Å²) in [5.41, 5.74) is 3.35. The molecule has 4 nitrogen and oxygen atoms in total. The smallest absolute Gasteiger partial charge is 0.251 e. The topological polar surface area (TPSA) is 61.4 Å². The Morgan fingerprint density at radius 3 is 2.71 bits per heavy atom. The minimum absolute atomic E-state index is 0.103. The lowest BCUT2D eigenvalue weighted by Gasteiger charge is -2.12. The van der Waals surface area contributed by atoms with Gasteiger partial charge in [0.2, 0.25) is 0 Å². The molecule has 3 N–H and O–H groups in total. The fraction of sp³-hybridized carbons (Fsp3) is 0.188. The van der Waals surface area contributed by atoms with E-state index in [0.29, 0.717) is 16.6 Å². The molecule has 0 aromatic heterocycles. The van der Waals surface area contributed by atoms with Crippen molar-refractivity contribution in [2.45, 2.75) is 13.5 Å². The van der Waals surface area contributed by atoms with Crippen molar-refractivity contribution >= 4 is 27.5 Å². The molecular weight excluding hydrogens is 332 g/mol. The first-order valence-electron chi connectivity index (χ1n) is 6.56. The van der Waals surface area contributed by atoms with E-state index in [1.54, 1.807) is 19.2 Å². The highest BCUT2D eigenvalue weighted by atomic mass is 79.9. The number of phenols is 1. The van der Waals surface area contributed by atoms with Crippen LogP contribution in [-0.2, 0) is 6.54 Å². The maximum absolute atomic E-state index is 11.6. The van der Waals surface area contributed by atoms with E-state index in [-0.39, 0.29) is 11.7 Å². The maximum atomic E-state index is 11.6. The van der Waals surface area contributed by atoms with E-state index < -0.39 is 0 Å². The second-order valence-corrected chi connectivity index (χ2v) is 5.56. The number of rotatable bonds is 4. The van der Waals surface area contributed by atoms with Crippen molar-refractivity contribution in [3.63, 3.8) is 0 Å². The third kappa shape index (κ3) is 3.55. The lowest BCUT2D eigenvalue weighted by molar-refractivity contribution is 0.0963. The average Bonchev–Trinajstić information content (AvgIpc) is 2.49. The molecule has 110 valence electrons. The largest absolute Gasteiger partial charge is 0.506 e. The summed E-state index contributed by atoms with van der Waals surface area (Å²) >= 11 is 3.30. The first kappa shape index (κ1) is 15.4. The molecule has 0 aliphatic rings. The predicted octanol–water partition coefficient (Wildman–Crippen LogP) is 3.43. The predicted molar refractivity (Wildman–Crippen MR) is 87.7 cm³/mol. The molecule has 1 amide bonds. The van der Waals surface area contributed by atoms with Gasteiger partial charge >= 0.3 is 0 Å². The van der Waals surface area contributed by atoms with Gasteiger partial charge in [-0.3, -0.25) is 4.79 Å². The minimum atomic E-state index is -0.103. The molecule has 0 fully saturated rings. The molecule has 2 aromatic rings. The Hall–Kier alpha value is -2.01. The van der Waals surface area contributed by atoms with Crippen LogP contribution in [0.4, 0.5) is 5.69 Å². The molecule has 0 saturated carbocycles. The molecule has 0 radical (unpaired) electrons. The van der Waals surface area contributed by atoms with Crippen LogP contribution in [0.1, 0.15) is 21.5 Å². The molecule has 0 aliphatic heterocycles.